The molecule has 0 heterocycles. The quantitative estimate of drug-likeness (QED) is 0.480. The molecule has 0 aromatic rings. The van der Waals surface area contributed by atoms with E-state index in [1.165, 1.54) is 0 Å². The summed E-state index contributed by atoms with van der Waals surface area (Å²) in [5, 5.41) is 9.53. The van der Waals surface area contributed by atoms with Gasteiger partial charge in [-0.2, -0.15) is 0 Å². The molecule has 0 unspecified atom stereocenters. The molecule has 102 valence electrons. The third-order valence-electron chi connectivity index (χ3n) is 1.93. The van der Waals surface area contributed by atoms with Gasteiger partial charge >= 0.3 is 0 Å². The molecule has 1 N–H and O–H groups in total. The van der Waals surface area contributed by atoms with Gasteiger partial charge in [-0.05, 0) is 13.8 Å². The van der Waals surface area contributed by atoms with Crippen molar-refractivity contribution >= 4 is 0 Å². The molecule has 0 aliphatic carbocycles. The number of aliphatic hydroxyl groups excluding tert-OH is 1. The Morgan fingerprint density at radius 2 is 1.28 bits per heavy atom. The highest BCUT2D eigenvalue weighted by Crippen LogP contribution is 1.90. The van der Waals surface area contributed by atoms with Gasteiger partial charge in [-0.15, -0.1) is 0 Å². The summed E-state index contributed by atoms with van der Waals surface area (Å²) in [5.74, 6) is 0. The van der Waals surface area contributed by atoms with Crippen molar-refractivity contribution in [2.45, 2.75) is 20.0 Å². The number of rotatable bonds is 10. The summed E-state index contributed by atoms with van der Waals surface area (Å²) in [7, 11) is 0. The molecule has 18 heavy (non-hydrogen) atoms. The minimum atomic E-state index is -0.574. The fraction of sp³-hybridized carbons (Fsp3) is 0.467. The van der Waals surface area contributed by atoms with Gasteiger partial charge in [0.25, 0.3) is 0 Å². The maximum Gasteiger partial charge on any atom is 0.101 e. The zero-order valence-electron chi connectivity index (χ0n) is 11.3. The van der Waals surface area contributed by atoms with E-state index in [0.29, 0.717) is 26.4 Å². The normalized spacial score (nSPS) is 13.1. The lowest BCUT2D eigenvalue weighted by atomic mass is 10.4. The van der Waals surface area contributed by atoms with Crippen LogP contribution in [0.4, 0.5) is 0 Å². The molecular weight excluding hydrogens is 228 g/mol. The summed E-state index contributed by atoms with van der Waals surface area (Å²) in [6.07, 6.45) is 14.8. The van der Waals surface area contributed by atoms with Crippen molar-refractivity contribution < 1.29 is 14.6 Å². The SMILES string of the molecule is C/C=C/C=C/COCC(O)COC/C=C/C=C/C. The second kappa shape index (κ2) is 13.9. The molecule has 0 aliphatic heterocycles. The predicted molar refractivity (Wildman–Crippen MR) is 75.6 cm³/mol. The molecule has 0 aliphatic rings. The zero-order chi connectivity index (χ0) is 13.5. The van der Waals surface area contributed by atoms with E-state index in [9.17, 15) is 5.11 Å². The first kappa shape index (κ1) is 16.8. The molecule has 0 atom stereocenters. The molecule has 0 fully saturated rings. The number of hydrogen-bond acceptors (Lipinski definition) is 3. The highest BCUT2D eigenvalue weighted by atomic mass is 16.5. The average molecular weight is 252 g/mol. The average Bonchev–Trinajstić information content (AvgIpc) is 2.38. The van der Waals surface area contributed by atoms with Gasteiger partial charge in [-0.3, -0.25) is 0 Å². The first-order valence-corrected chi connectivity index (χ1v) is 6.20. The van der Waals surface area contributed by atoms with Crippen LogP contribution >= 0.6 is 0 Å². The number of aliphatic hydroxyl groups is 1. The van der Waals surface area contributed by atoms with Crippen LogP contribution in [0, 0.1) is 0 Å². The standard InChI is InChI=1S/C15H24O3/c1-3-5-7-9-11-17-13-15(16)14-18-12-10-8-6-4-2/h3-10,15-16H,11-14H2,1-2H3/b5-3+,6-4+,9-7+,10-8+. The molecule has 0 bridgehead atoms. The largest absolute Gasteiger partial charge is 0.388 e. The van der Waals surface area contributed by atoms with Crippen molar-refractivity contribution in [2.75, 3.05) is 26.4 Å². The van der Waals surface area contributed by atoms with Gasteiger partial charge in [-0.1, -0.05) is 48.6 Å². The van der Waals surface area contributed by atoms with Crippen LogP contribution in [-0.4, -0.2) is 37.6 Å². The minimum Gasteiger partial charge on any atom is -0.388 e. The van der Waals surface area contributed by atoms with Crippen molar-refractivity contribution in [1.29, 1.82) is 0 Å². The van der Waals surface area contributed by atoms with Crippen molar-refractivity contribution in [1.82, 2.24) is 0 Å². The van der Waals surface area contributed by atoms with Crippen molar-refractivity contribution in [3.05, 3.63) is 48.6 Å². The summed E-state index contributed by atoms with van der Waals surface area (Å²) in [5.41, 5.74) is 0. The number of ether oxygens (including phenoxy) is 2. The van der Waals surface area contributed by atoms with E-state index >= 15 is 0 Å². The Hall–Kier alpha value is -1.16. The highest BCUT2D eigenvalue weighted by Gasteiger charge is 2.02. The molecule has 0 rings (SSSR count). The van der Waals surface area contributed by atoms with Gasteiger partial charge in [0.15, 0.2) is 0 Å². The van der Waals surface area contributed by atoms with Crippen LogP contribution in [0.15, 0.2) is 48.6 Å². The Morgan fingerprint density at radius 3 is 1.67 bits per heavy atom. The third kappa shape index (κ3) is 12.9. The van der Waals surface area contributed by atoms with Crippen LogP contribution in [0.2, 0.25) is 0 Å². The Labute approximate surface area is 110 Å². The van der Waals surface area contributed by atoms with E-state index in [4.69, 9.17) is 9.47 Å². The molecule has 3 heteroatoms. The number of hydrogen-bond donors (Lipinski definition) is 1. The maximum absolute atomic E-state index is 9.53. The predicted octanol–water partition coefficient (Wildman–Crippen LogP) is 2.65. The minimum absolute atomic E-state index is 0.290. The van der Waals surface area contributed by atoms with Crippen LogP contribution in [-0.2, 0) is 9.47 Å². The monoisotopic (exact) mass is 252 g/mol. The van der Waals surface area contributed by atoms with E-state index in [2.05, 4.69) is 0 Å². The molecule has 0 aromatic heterocycles. The topological polar surface area (TPSA) is 38.7 Å². The van der Waals surface area contributed by atoms with Crippen LogP contribution in [0.3, 0.4) is 0 Å². The fourth-order valence-electron chi connectivity index (χ4n) is 1.08. The molecule has 0 aromatic carbocycles. The van der Waals surface area contributed by atoms with Gasteiger partial charge in [0.1, 0.15) is 6.10 Å². The zero-order valence-corrected chi connectivity index (χ0v) is 11.3. The van der Waals surface area contributed by atoms with Crippen LogP contribution in [0.1, 0.15) is 13.8 Å². The molecule has 0 saturated heterocycles. The van der Waals surface area contributed by atoms with Crippen molar-refractivity contribution in [3.63, 3.8) is 0 Å². The van der Waals surface area contributed by atoms with Crippen molar-refractivity contribution in [2.24, 2.45) is 0 Å². The molecule has 3 nitrogen and oxygen atoms in total. The lowest BCUT2D eigenvalue weighted by molar-refractivity contribution is -0.00653. The Kier molecular flexibility index (Phi) is 13.0. The van der Waals surface area contributed by atoms with Crippen LogP contribution < -0.4 is 0 Å². The Balaban J connectivity index is 3.40. The van der Waals surface area contributed by atoms with Crippen LogP contribution in [0.25, 0.3) is 0 Å². The fourth-order valence-corrected chi connectivity index (χ4v) is 1.08. The van der Waals surface area contributed by atoms with E-state index in [1.807, 2.05) is 62.5 Å². The lowest BCUT2D eigenvalue weighted by Gasteiger charge is -2.09. The van der Waals surface area contributed by atoms with Crippen molar-refractivity contribution in [3.8, 4) is 0 Å². The smallest absolute Gasteiger partial charge is 0.101 e. The van der Waals surface area contributed by atoms with Gasteiger partial charge in [-0.25, -0.2) is 0 Å². The van der Waals surface area contributed by atoms with Crippen LogP contribution in [0.5, 0.6) is 0 Å². The van der Waals surface area contributed by atoms with Gasteiger partial charge in [0.2, 0.25) is 0 Å². The first-order chi connectivity index (χ1) is 8.81. The first-order valence-electron chi connectivity index (χ1n) is 6.20. The Morgan fingerprint density at radius 1 is 0.833 bits per heavy atom. The van der Waals surface area contributed by atoms with Gasteiger partial charge < -0.3 is 14.6 Å². The molecule has 0 radical (unpaired) electrons. The molecule has 0 amide bonds. The van der Waals surface area contributed by atoms with Gasteiger partial charge in [0, 0.05) is 0 Å². The van der Waals surface area contributed by atoms with E-state index < -0.39 is 6.10 Å². The highest BCUT2D eigenvalue weighted by molar-refractivity contribution is 5.01. The third-order valence-corrected chi connectivity index (χ3v) is 1.93. The summed E-state index contributed by atoms with van der Waals surface area (Å²) in [6.45, 7) is 5.50. The maximum atomic E-state index is 9.53. The second-order valence-corrected chi connectivity index (χ2v) is 3.64. The molecule has 0 saturated carbocycles. The van der Waals surface area contributed by atoms with E-state index in [0.717, 1.165) is 0 Å². The van der Waals surface area contributed by atoms with Gasteiger partial charge in [0.05, 0.1) is 26.4 Å². The summed E-state index contributed by atoms with van der Waals surface area (Å²) < 4.78 is 10.5. The second-order valence-electron chi connectivity index (χ2n) is 3.64. The summed E-state index contributed by atoms with van der Waals surface area (Å²) in [6, 6.07) is 0. The number of allylic oxidation sites excluding steroid dienone is 6. The Bertz CT molecular complexity index is 249. The van der Waals surface area contributed by atoms with E-state index in [-0.39, 0.29) is 0 Å². The summed E-state index contributed by atoms with van der Waals surface area (Å²) in [4.78, 5) is 0. The summed E-state index contributed by atoms with van der Waals surface area (Å²) >= 11 is 0. The van der Waals surface area contributed by atoms with E-state index in [1.54, 1.807) is 0 Å². The lowest BCUT2D eigenvalue weighted by Crippen LogP contribution is -2.21. The molecule has 0 spiro atoms. The molecular formula is C15H24O3.